The molecule has 1 aromatic rings. The minimum absolute atomic E-state index is 0.0209. The van der Waals surface area contributed by atoms with E-state index >= 15 is 0 Å². The molecule has 4 nitrogen and oxygen atoms in total. The quantitative estimate of drug-likeness (QED) is 0.871. The van der Waals surface area contributed by atoms with Gasteiger partial charge in [-0.15, -0.1) is 0 Å². The highest BCUT2D eigenvalue weighted by Crippen LogP contribution is 2.25. The molecule has 0 spiro atoms. The van der Waals surface area contributed by atoms with Crippen molar-refractivity contribution >= 4 is 10.0 Å². The van der Waals surface area contributed by atoms with Gasteiger partial charge in [-0.3, -0.25) is 0 Å². The summed E-state index contributed by atoms with van der Waals surface area (Å²) in [6.07, 6.45) is 3.51. The summed E-state index contributed by atoms with van der Waals surface area (Å²) >= 11 is 0. The van der Waals surface area contributed by atoms with Gasteiger partial charge in [0.25, 0.3) is 0 Å². The van der Waals surface area contributed by atoms with E-state index in [0.717, 1.165) is 25.7 Å². The molecule has 2 N–H and O–H groups in total. The Kier molecular flexibility index (Phi) is 5.12. The second-order valence-corrected chi connectivity index (χ2v) is 7.06. The molecule has 0 bridgehead atoms. The van der Waals surface area contributed by atoms with Crippen molar-refractivity contribution in [1.29, 1.82) is 0 Å². The predicted molar refractivity (Wildman–Crippen MR) is 75.0 cm³/mol. The van der Waals surface area contributed by atoms with Crippen LogP contribution < -0.4 is 4.72 Å². The van der Waals surface area contributed by atoms with Crippen molar-refractivity contribution in [2.45, 2.75) is 37.5 Å². The summed E-state index contributed by atoms with van der Waals surface area (Å²) in [5.41, 5.74) is 0.163. The first kappa shape index (κ1) is 15.4. The molecule has 0 amide bonds. The third kappa shape index (κ3) is 4.01. The molecule has 2 atom stereocenters. The molecule has 1 aliphatic rings. The van der Waals surface area contributed by atoms with Crippen molar-refractivity contribution in [3.8, 4) is 0 Å². The number of hydrogen-bond donors (Lipinski definition) is 2. The maximum absolute atomic E-state index is 13.5. The standard InChI is InChI=1S/C14H20FNO3S/c15-13-7-3-1-6-12(13)10-20(18,19)16-14-8-4-2-5-11(14)9-17/h1,3,6-7,11,14,16-17H,2,4-5,8-10H2. The van der Waals surface area contributed by atoms with Gasteiger partial charge < -0.3 is 5.11 Å². The largest absolute Gasteiger partial charge is 0.396 e. The molecule has 1 saturated carbocycles. The van der Waals surface area contributed by atoms with Crippen LogP contribution in [-0.2, 0) is 15.8 Å². The zero-order valence-corrected chi connectivity index (χ0v) is 12.1. The Bertz CT molecular complexity index is 547. The lowest BCUT2D eigenvalue weighted by Crippen LogP contribution is -2.43. The first-order valence-corrected chi connectivity index (χ1v) is 8.51. The normalized spacial score (nSPS) is 23.7. The molecular weight excluding hydrogens is 281 g/mol. The summed E-state index contributed by atoms with van der Waals surface area (Å²) in [6, 6.07) is 5.62. The molecule has 1 aromatic carbocycles. The van der Waals surface area contributed by atoms with Gasteiger partial charge in [0, 0.05) is 18.2 Å². The fourth-order valence-electron chi connectivity index (χ4n) is 2.67. The first-order chi connectivity index (χ1) is 9.52. The van der Waals surface area contributed by atoms with E-state index < -0.39 is 15.8 Å². The second-order valence-electron chi connectivity index (χ2n) is 5.30. The van der Waals surface area contributed by atoms with Crippen LogP contribution in [0.4, 0.5) is 4.39 Å². The summed E-state index contributed by atoms with van der Waals surface area (Å²) in [5.74, 6) is -0.923. The number of aliphatic hydroxyl groups excluding tert-OH is 1. The van der Waals surface area contributed by atoms with E-state index in [4.69, 9.17) is 0 Å². The molecule has 1 fully saturated rings. The van der Waals surface area contributed by atoms with E-state index in [1.165, 1.54) is 18.2 Å². The summed E-state index contributed by atoms with van der Waals surface area (Å²) < 4.78 is 40.4. The van der Waals surface area contributed by atoms with Gasteiger partial charge in [-0.2, -0.15) is 0 Å². The Morgan fingerprint density at radius 3 is 2.65 bits per heavy atom. The van der Waals surface area contributed by atoms with Gasteiger partial charge in [0.05, 0.1) is 5.75 Å². The number of hydrogen-bond acceptors (Lipinski definition) is 3. The Hall–Kier alpha value is -0.980. The number of aliphatic hydroxyl groups is 1. The van der Waals surface area contributed by atoms with Crippen LogP contribution >= 0.6 is 0 Å². The number of rotatable bonds is 5. The van der Waals surface area contributed by atoms with Gasteiger partial charge in [-0.25, -0.2) is 17.5 Å². The maximum atomic E-state index is 13.5. The number of sulfonamides is 1. The molecule has 6 heteroatoms. The van der Waals surface area contributed by atoms with E-state index in [2.05, 4.69) is 4.72 Å². The molecule has 0 aromatic heterocycles. The molecule has 1 aliphatic carbocycles. The average Bonchev–Trinajstić information content (AvgIpc) is 2.41. The van der Waals surface area contributed by atoms with Gasteiger partial charge in [0.15, 0.2) is 0 Å². The molecule has 2 unspecified atom stereocenters. The number of nitrogens with one attached hydrogen (secondary N) is 1. The molecule has 0 radical (unpaired) electrons. The molecule has 112 valence electrons. The van der Waals surface area contributed by atoms with Gasteiger partial charge >= 0.3 is 0 Å². The highest BCUT2D eigenvalue weighted by molar-refractivity contribution is 7.88. The van der Waals surface area contributed by atoms with Crippen LogP contribution in [0.25, 0.3) is 0 Å². The molecule has 0 saturated heterocycles. The van der Waals surface area contributed by atoms with E-state index in [0.29, 0.717) is 0 Å². The molecule has 2 rings (SSSR count). The zero-order chi connectivity index (χ0) is 14.6. The van der Waals surface area contributed by atoms with E-state index in [-0.39, 0.29) is 29.9 Å². The van der Waals surface area contributed by atoms with Crippen LogP contribution in [0.2, 0.25) is 0 Å². The lowest BCUT2D eigenvalue weighted by molar-refractivity contribution is 0.164. The Morgan fingerprint density at radius 2 is 1.95 bits per heavy atom. The lowest BCUT2D eigenvalue weighted by atomic mass is 9.86. The minimum atomic E-state index is -3.60. The van der Waals surface area contributed by atoms with Crippen LogP contribution in [0.5, 0.6) is 0 Å². The van der Waals surface area contributed by atoms with E-state index in [1.54, 1.807) is 6.07 Å². The summed E-state index contributed by atoms with van der Waals surface area (Å²) in [4.78, 5) is 0. The van der Waals surface area contributed by atoms with Gasteiger partial charge in [0.1, 0.15) is 5.82 Å². The average molecular weight is 301 g/mol. The van der Waals surface area contributed by atoms with Crippen molar-refractivity contribution in [1.82, 2.24) is 4.72 Å². The first-order valence-electron chi connectivity index (χ1n) is 6.86. The third-order valence-electron chi connectivity index (χ3n) is 3.78. The summed E-state index contributed by atoms with van der Waals surface area (Å²) in [6.45, 7) is -0.0209. The maximum Gasteiger partial charge on any atom is 0.216 e. The predicted octanol–water partition coefficient (Wildman–Crippen LogP) is 1.80. The fourth-order valence-corrected chi connectivity index (χ4v) is 4.17. The summed E-state index contributed by atoms with van der Waals surface area (Å²) in [5, 5.41) is 9.30. The summed E-state index contributed by atoms with van der Waals surface area (Å²) in [7, 11) is -3.60. The van der Waals surface area contributed by atoms with Crippen molar-refractivity contribution in [3.63, 3.8) is 0 Å². The molecule has 0 heterocycles. The second kappa shape index (κ2) is 6.65. The Morgan fingerprint density at radius 1 is 1.25 bits per heavy atom. The van der Waals surface area contributed by atoms with Gasteiger partial charge in [0.2, 0.25) is 10.0 Å². The van der Waals surface area contributed by atoms with Crippen LogP contribution in [0.3, 0.4) is 0 Å². The minimum Gasteiger partial charge on any atom is -0.396 e. The van der Waals surface area contributed by atoms with E-state index in [1.807, 2.05) is 0 Å². The van der Waals surface area contributed by atoms with E-state index in [9.17, 15) is 17.9 Å². The SMILES string of the molecule is O=S(=O)(Cc1ccccc1F)NC1CCCCC1CO. The monoisotopic (exact) mass is 301 g/mol. The van der Waals surface area contributed by atoms with Crippen molar-refractivity contribution < 1.29 is 17.9 Å². The van der Waals surface area contributed by atoms with Gasteiger partial charge in [-0.1, -0.05) is 31.0 Å². The fraction of sp³-hybridized carbons (Fsp3) is 0.571. The number of benzene rings is 1. The van der Waals surface area contributed by atoms with Crippen LogP contribution in [0, 0.1) is 11.7 Å². The molecular formula is C14H20FNO3S. The van der Waals surface area contributed by atoms with Crippen molar-refractivity contribution in [2.75, 3.05) is 6.61 Å². The lowest BCUT2D eigenvalue weighted by Gasteiger charge is -2.30. The van der Waals surface area contributed by atoms with Crippen LogP contribution in [0.1, 0.15) is 31.2 Å². The highest BCUT2D eigenvalue weighted by atomic mass is 32.2. The Balaban J connectivity index is 2.05. The topological polar surface area (TPSA) is 66.4 Å². The number of halogens is 1. The van der Waals surface area contributed by atoms with Crippen molar-refractivity contribution in [2.24, 2.45) is 5.92 Å². The highest BCUT2D eigenvalue weighted by Gasteiger charge is 2.28. The van der Waals surface area contributed by atoms with Crippen LogP contribution in [-0.4, -0.2) is 26.2 Å². The zero-order valence-electron chi connectivity index (χ0n) is 11.3. The third-order valence-corrected chi connectivity index (χ3v) is 5.13. The molecule has 0 aliphatic heterocycles. The smallest absolute Gasteiger partial charge is 0.216 e. The Labute approximate surface area is 119 Å². The van der Waals surface area contributed by atoms with Crippen molar-refractivity contribution in [3.05, 3.63) is 35.6 Å². The van der Waals surface area contributed by atoms with Gasteiger partial charge in [-0.05, 0) is 24.8 Å². The van der Waals surface area contributed by atoms with Crippen LogP contribution in [0.15, 0.2) is 24.3 Å². The molecule has 20 heavy (non-hydrogen) atoms.